The summed E-state index contributed by atoms with van der Waals surface area (Å²) in [4.78, 5) is 20.7. The third-order valence-electron chi connectivity index (χ3n) is 3.91. The number of hydrogen-bond acceptors (Lipinski definition) is 6. The molecule has 3 N–H and O–H groups in total. The van der Waals surface area contributed by atoms with Crippen LogP contribution in [-0.4, -0.2) is 32.0 Å². The van der Waals surface area contributed by atoms with Crippen LogP contribution in [0, 0.1) is 5.82 Å². The highest BCUT2D eigenvalue weighted by Crippen LogP contribution is 2.18. The summed E-state index contributed by atoms with van der Waals surface area (Å²) in [6.45, 7) is 0.333. The number of anilines is 1. The number of nitrogens with zero attached hydrogens (tertiary/aromatic N) is 4. The van der Waals surface area contributed by atoms with Crippen molar-refractivity contribution in [2.75, 3.05) is 12.3 Å². The summed E-state index contributed by atoms with van der Waals surface area (Å²) in [7, 11) is 0. The molecule has 0 aliphatic heterocycles. The fraction of sp³-hybridized carbons (Fsp3) is 0.111. The number of carbonyl (C=O) groups is 1. The van der Waals surface area contributed by atoms with Gasteiger partial charge in [-0.1, -0.05) is 12.1 Å². The van der Waals surface area contributed by atoms with E-state index in [-0.39, 0.29) is 29.9 Å². The number of carbonyl (C=O) groups excluding carboxylic acids is 1. The Kier molecular flexibility index (Phi) is 5.55. The molecule has 0 radical (unpaired) electrons. The minimum Gasteiger partial charge on any atom is -0.461 e. The number of furan rings is 1. The van der Waals surface area contributed by atoms with Crippen LogP contribution in [0.2, 0.25) is 0 Å². The average Bonchev–Trinajstić information content (AvgIpc) is 3.31. The van der Waals surface area contributed by atoms with Gasteiger partial charge in [-0.3, -0.25) is 4.79 Å². The Hall–Kier alpha value is -3.46. The Labute approximate surface area is 165 Å². The van der Waals surface area contributed by atoms with Gasteiger partial charge in [0.05, 0.1) is 6.26 Å². The first-order valence-electron chi connectivity index (χ1n) is 8.20. The Bertz CT molecular complexity index is 1110. The molecule has 1 aromatic carbocycles. The summed E-state index contributed by atoms with van der Waals surface area (Å²) in [5.41, 5.74) is 7.19. The van der Waals surface area contributed by atoms with Gasteiger partial charge in [0.25, 0.3) is 5.91 Å². The highest BCUT2D eigenvalue weighted by atomic mass is 35.5. The summed E-state index contributed by atoms with van der Waals surface area (Å²) in [6, 6.07) is 11.2. The van der Waals surface area contributed by atoms with Gasteiger partial charge in [0, 0.05) is 12.6 Å². The monoisotopic (exact) mass is 402 g/mol. The lowest BCUT2D eigenvalue weighted by Crippen LogP contribution is -2.27. The Morgan fingerprint density at radius 2 is 2.07 bits per heavy atom. The molecule has 3 aromatic heterocycles. The minimum absolute atomic E-state index is 0. The van der Waals surface area contributed by atoms with Crippen LogP contribution in [0.3, 0.4) is 0 Å². The van der Waals surface area contributed by atoms with Gasteiger partial charge in [0.2, 0.25) is 11.8 Å². The molecule has 144 valence electrons. The topological polar surface area (TPSA) is 111 Å². The van der Waals surface area contributed by atoms with Gasteiger partial charge in [0.15, 0.2) is 11.4 Å². The number of benzene rings is 1. The molecule has 28 heavy (non-hydrogen) atoms. The number of hydrogen-bond donors (Lipinski definition) is 2. The van der Waals surface area contributed by atoms with Crippen LogP contribution in [-0.2, 0) is 6.42 Å². The maximum absolute atomic E-state index is 13.2. The number of halogens is 2. The number of nitrogens with one attached hydrogen (secondary N) is 1. The average molecular weight is 403 g/mol. The molecule has 8 nitrogen and oxygen atoms in total. The molecule has 3 heterocycles. The SMILES string of the molecule is Cl.Nc1nc(C(=O)NCCc2cccc(F)c2)cc2nc(-c3ccco3)nn12. The molecule has 0 aliphatic carbocycles. The number of nitrogen functional groups attached to an aromatic ring is 1. The minimum atomic E-state index is -0.400. The van der Waals surface area contributed by atoms with E-state index < -0.39 is 5.91 Å². The fourth-order valence-electron chi connectivity index (χ4n) is 2.64. The van der Waals surface area contributed by atoms with Crippen molar-refractivity contribution in [3.8, 4) is 11.6 Å². The summed E-state index contributed by atoms with van der Waals surface area (Å²) in [6.07, 6.45) is 2.01. The molecule has 0 fully saturated rings. The molecule has 0 unspecified atom stereocenters. The van der Waals surface area contributed by atoms with Gasteiger partial charge in [-0.15, -0.1) is 17.5 Å². The van der Waals surface area contributed by atoms with Crippen LogP contribution in [0.1, 0.15) is 16.1 Å². The van der Waals surface area contributed by atoms with Crippen molar-refractivity contribution in [3.63, 3.8) is 0 Å². The van der Waals surface area contributed by atoms with Crippen molar-refractivity contribution in [3.05, 3.63) is 65.8 Å². The number of aromatic nitrogens is 4. The van der Waals surface area contributed by atoms with Crippen molar-refractivity contribution in [2.24, 2.45) is 0 Å². The third-order valence-corrected chi connectivity index (χ3v) is 3.91. The molecule has 0 atom stereocenters. The fourth-order valence-corrected chi connectivity index (χ4v) is 2.64. The number of rotatable bonds is 5. The van der Waals surface area contributed by atoms with E-state index in [0.717, 1.165) is 5.56 Å². The molecule has 10 heteroatoms. The predicted molar refractivity (Wildman–Crippen MR) is 103 cm³/mol. The molecular formula is C18H16ClFN6O2. The van der Waals surface area contributed by atoms with Crippen molar-refractivity contribution in [2.45, 2.75) is 6.42 Å². The van der Waals surface area contributed by atoms with Crippen LogP contribution in [0.25, 0.3) is 17.2 Å². The smallest absolute Gasteiger partial charge is 0.270 e. The number of amides is 1. The Balaban J connectivity index is 0.00000225. The van der Waals surface area contributed by atoms with Gasteiger partial charge in [0.1, 0.15) is 11.5 Å². The zero-order chi connectivity index (χ0) is 18.8. The second-order valence-corrected chi connectivity index (χ2v) is 5.82. The predicted octanol–water partition coefficient (Wildman–Crippen LogP) is 2.50. The molecule has 4 aromatic rings. The van der Waals surface area contributed by atoms with E-state index in [1.165, 1.54) is 29.0 Å². The molecule has 0 saturated carbocycles. The lowest BCUT2D eigenvalue weighted by molar-refractivity contribution is 0.0949. The first kappa shape index (κ1) is 19.3. The van der Waals surface area contributed by atoms with E-state index in [1.807, 2.05) is 0 Å². The Morgan fingerprint density at radius 3 is 2.82 bits per heavy atom. The summed E-state index contributed by atoms with van der Waals surface area (Å²) in [5, 5.41) is 6.96. The van der Waals surface area contributed by atoms with E-state index in [0.29, 0.717) is 30.2 Å². The van der Waals surface area contributed by atoms with Crippen LogP contribution >= 0.6 is 12.4 Å². The Morgan fingerprint density at radius 1 is 1.21 bits per heavy atom. The largest absolute Gasteiger partial charge is 0.461 e. The quantitative estimate of drug-likeness (QED) is 0.530. The van der Waals surface area contributed by atoms with Gasteiger partial charge in [-0.05, 0) is 36.2 Å². The van der Waals surface area contributed by atoms with Crippen molar-refractivity contribution in [1.29, 1.82) is 0 Å². The maximum Gasteiger partial charge on any atom is 0.270 e. The first-order chi connectivity index (χ1) is 13.1. The van der Waals surface area contributed by atoms with Gasteiger partial charge in [-0.2, -0.15) is 4.52 Å². The maximum atomic E-state index is 13.2. The highest BCUT2D eigenvalue weighted by molar-refractivity contribution is 5.93. The van der Waals surface area contributed by atoms with Crippen molar-refractivity contribution >= 4 is 29.9 Å². The standard InChI is InChI=1S/C18H15FN6O2.ClH/c19-12-4-1-3-11(9-12)6-7-21-17(26)13-10-15-23-16(14-5-2-8-27-14)24-25(15)18(20)22-13;/h1-5,8-10H,6-7H2,(H2,20,22)(H,21,26);1H. The third kappa shape index (κ3) is 3.94. The summed E-state index contributed by atoms with van der Waals surface area (Å²) >= 11 is 0. The lowest BCUT2D eigenvalue weighted by atomic mass is 10.1. The van der Waals surface area contributed by atoms with Gasteiger partial charge in [-0.25, -0.2) is 14.4 Å². The van der Waals surface area contributed by atoms with Gasteiger partial charge < -0.3 is 15.5 Å². The molecule has 0 bridgehead atoms. The molecule has 0 spiro atoms. The van der Waals surface area contributed by atoms with Crippen LogP contribution in [0.5, 0.6) is 0 Å². The number of fused-ring (bicyclic) bond motifs is 1. The normalized spacial score (nSPS) is 10.6. The molecule has 0 aliphatic rings. The second kappa shape index (κ2) is 8.05. The molecule has 0 saturated heterocycles. The number of nitrogens with two attached hydrogens (primary N) is 1. The van der Waals surface area contributed by atoms with Crippen molar-refractivity contribution < 1.29 is 13.6 Å². The van der Waals surface area contributed by atoms with Crippen LogP contribution in [0.15, 0.2) is 53.1 Å². The van der Waals surface area contributed by atoms with E-state index in [4.69, 9.17) is 10.2 Å². The van der Waals surface area contributed by atoms with E-state index >= 15 is 0 Å². The summed E-state index contributed by atoms with van der Waals surface area (Å²) in [5.74, 6) is 0.158. The zero-order valence-electron chi connectivity index (χ0n) is 14.5. The van der Waals surface area contributed by atoms with Gasteiger partial charge >= 0.3 is 0 Å². The lowest BCUT2D eigenvalue weighted by Gasteiger charge is -2.06. The van der Waals surface area contributed by atoms with Crippen LogP contribution < -0.4 is 11.1 Å². The van der Waals surface area contributed by atoms with E-state index in [9.17, 15) is 9.18 Å². The zero-order valence-corrected chi connectivity index (χ0v) is 15.3. The second-order valence-electron chi connectivity index (χ2n) is 5.82. The molecular weight excluding hydrogens is 387 g/mol. The molecule has 1 amide bonds. The van der Waals surface area contributed by atoms with E-state index in [1.54, 1.807) is 24.3 Å². The highest BCUT2D eigenvalue weighted by Gasteiger charge is 2.15. The first-order valence-corrected chi connectivity index (χ1v) is 8.20. The van der Waals surface area contributed by atoms with Crippen molar-refractivity contribution in [1.82, 2.24) is 24.9 Å². The summed E-state index contributed by atoms with van der Waals surface area (Å²) < 4.78 is 19.8. The van der Waals surface area contributed by atoms with E-state index in [2.05, 4.69) is 20.4 Å². The molecule has 4 rings (SSSR count). The van der Waals surface area contributed by atoms with Crippen LogP contribution in [0.4, 0.5) is 10.3 Å².